The summed E-state index contributed by atoms with van der Waals surface area (Å²) in [7, 11) is 0. The first kappa shape index (κ1) is 32.3. The predicted molar refractivity (Wildman–Crippen MR) is 242 cm³/mol. The van der Waals surface area contributed by atoms with Crippen LogP contribution in [0.2, 0.25) is 0 Å². The van der Waals surface area contributed by atoms with Crippen LogP contribution in [0.25, 0.3) is 113 Å². The zero-order valence-electron chi connectivity index (χ0n) is 30.4. The van der Waals surface area contributed by atoms with E-state index in [1.165, 1.54) is 79.0 Å². The maximum Gasteiger partial charge on any atom is 0.164 e. The van der Waals surface area contributed by atoms with E-state index < -0.39 is 0 Å². The molecule has 266 valence electrons. The van der Waals surface area contributed by atoms with Crippen LogP contribution in [0.5, 0.6) is 0 Å². The van der Waals surface area contributed by atoms with Gasteiger partial charge in [0.05, 0.1) is 11.0 Å². The molecule has 0 fully saturated rings. The number of hydrogen-bond donors (Lipinski definition) is 0. The van der Waals surface area contributed by atoms with Gasteiger partial charge < -0.3 is 4.57 Å². The monoisotopic (exact) mass is 762 g/mol. The molecule has 6 heteroatoms. The van der Waals surface area contributed by atoms with Gasteiger partial charge >= 0.3 is 0 Å². The molecule has 0 aliphatic rings. The van der Waals surface area contributed by atoms with Crippen molar-refractivity contribution in [3.63, 3.8) is 0 Å². The van der Waals surface area contributed by atoms with Gasteiger partial charge in [0.15, 0.2) is 17.5 Å². The van der Waals surface area contributed by atoms with Gasteiger partial charge in [0.25, 0.3) is 0 Å². The second-order valence-corrected chi connectivity index (χ2v) is 16.6. The minimum absolute atomic E-state index is 0.661. The van der Waals surface area contributed by atoms with Gasteiger partial charge in [-0.25, -0.2) is 15.0 Å². The normalized spacial score (nSPS) is 11.9. The molecule has 0 aliphatic carbocycles. The zero-order valence-corrected chi connectivity index (χ0v) is 32.1. The fourth-order valence-corrected chi connectivity index (χ4v) is 10.7. The maximum atomic E-state index is 5.04. The second-order valence-electron chi connectivity index (χ2n) is 14.4. The molecule has 0 saturated carbocycles. The first-order valence-corrected chi connectivity index (χ1v) is 20.6. The van der Waals surface area contributed by atoms with Crippen LogP contribution in [0.1, 0.15) is 0 Å². The van der Waals surface area contributed by atoms with E-state index in [1.807, 2.05) is 83.3 Å². The minimum atomic E-state index is 0.661. The molecule has 57 heavy (non-hydrogen) atoms. The highest BCUT2D eigenvalue weighted by atomic mass is 32.1. The van der Waals surface area contributed by atoms with Crippen LogP contribution in [0, 0.1) is 0 Å². The van der Waals surface area contributed by atoms with Crippen molar-refractivity contribution in [1.29, 1.82) is 0 Å². The molecule has 4 nitrogen and oxygen atoms in total. The maximum absolute atomic E-state index is 5.04. The molecule has 0 spiro atoms. The third kappa shape index (κ3) is 5.22. The minimum Gasteiger partial charge on any atom is -0.309 e. The predicted octanol–water partition coefficient (Wildman–Crippen LogP) is 14.4. The molecule has 0 bridgehead atoms. The molecule has 12 rings (SSSR count). The molecule has 0 amide bonds. The van der Waals surface area contributed by atoms with Crippen molar-refractivity contribution in [2.45, 2.75) is 0 Å². The second kappa shape index (κ2) is 12.8. The molecular formula is C51H30N4S2. The van der Waals surface area contributed by atoms with Gasteiger partial charge in [-0.1, -0.05) is 121 Å². The van der Waals surface area contributed by atoms with Crippen LogP contribution in [0.15, 0.2) is 182 Å². The molecule has 12 aromatic rings. The summed E-state index contributed by atoms with van der Waals surface area (Å²) in [6.07, 6.45) is 0. The lowest BCUT2D eigenvalue weighted by atomic mass is 9.98. The van der Waals surface area contributed by atoms with Crippen LogP contribution in [-0.2, 0) is 0 Å². The molecule has 0 N–H and O–H groups in total. The Balaban J connectivity index is 0.991. The summed E-state index contributed by atoms with van der Waals surface area (Å²) in [6, 6.07) is 65.0. The molecule has 0 atom stereocenters. The summed E-state index contributed by atoms with van der Waals surface area (Å²) in [5.74, 6) is 1.98. The summed E-state index contributed by atoms with van der Waals surface area (Å²) in [5.41, 5.74) is 8.96. The Bertz CT molecular complexity index is 3410. The van der Waals surface area contributed by atoms with Crippen molar-refractivity contribution in [2.75, 3.05) is 0 Å². The highest BCUT2D eigenvalue weighted by Gasteiger charge is 2.18. The molecule has 8 aromatic carbocycles. The van der Waals surface area contributed by atoms with Gasteiger partial charge in [-0.15, -0.1) is 22.7 Å². The smallest absolute Gasteiger partial charge is 0.164 e. The number of benzene rings is 8. The van der Waals surface area contributed by atoms with E-state index >= 15 is 0 Å². The third-order valence-electron chi connectivity index (χ3n) is 11.1. The fourth-order valence-electron chi connectivity index (χ4n) is 8.42. The van der Waals surface area contributed by atoms with Crippen LogP contribution in [0.3, 0.4) is 0 Å². The average molecular weight is 763 g/mol. The highest BCUT2D eigenvalue weighted by Crippen LogP contribution is 2.44. The Morgan fingerprint density at radius 2 is 0.912 bits per heavy atom. The molecule has 0 radical (unpaired) electrons. The quantitative estimate of drug-likeness (QED) is 0.175. The average Bonchev–Trinajstić information content (AvgIpc) is 3.95. The Morgan fingerprint density at radius 3 is 1.61 bits per heavy atom. The third-order valence-corrected chi connectivity index (χ3v) is 13.3. The Kier molecular flexibility index (Phi) is 7.24. The van der Waals surface area contributed by atoms with Gasteiger partial charge in [0.2, 0.25) is 0 Å². The lowest BCUT2D eigenvalue weighted by Crippen LogP contribution is -2.00. The van der Waals surface area contributed by atoms with Gasteiger partial charge in [0.1, 0.15) is 0 Å². The van der Waals surface area contributed by atoms with Gasteiger partial charge in [0, 0.05) is 73.5 Å². The highest BCUT2D eigenvalue weighted by molar-refractivity contribution is 7.26. The number of para-hydroxylation sites is 2. The summed E-state index contributed by atoms with van der Waals surface area (Å²) in [5, 5.41) is 7.58. The lowest BCUT2D eigenvalue weighted by molar-refractivity contribution is 1.07. The zero-order chi connectivity index (χ0) is 37.5. The van der Waals surface area contributed by atoms with E-state index in [4.69, 9.17) is 15.0 Å². The topological polar surface area (TPSA) is 43.6 Å². The SMILES string of the molecule is c1ccc(-c2nc(-c3ccccc3)nc(-c3ccc4sc5cccc(-c6ccc7c(c6)sc6ccc(-n8c9ccccc9c9ccccc98)cc67)c5c4c3)n2)cc1. The van der Waals surface area contributed by atoms with E-state index in [1.54, 1.807) is 0 Å². The van der Waals surface area contributed by atoms with Gasteiger partial charge in [-0.3, -0.25) is 0 Å². The van der Waals surface area contributed by atoms with Crippen molar-refractivity contribution in [3.8, 4) is 51.0 Å². The van der Waals surface area contributed by atoms with Gasteiger partial charge in [-0.2, -0.15) is 0 Å². The first-order chi connectivity index (χ1) is 28.2. The molecule has 0 aliphatic heterocycles. The summed E-state index contributed by atoms with van der Waals surface area (Å²) < 4.78 is 7.48. The molecule has 0 saturated heterocycles. The Labute approximate surface area is 335 Å². The number of hydrogen-bond acceptors (Lipinski definition) is 5. The molecule has 0 unspecified atom stereocenters. The summed E-state index contributed by atoms with van der Waals surface area (Å²) >= 11 is 3.69. The summed E-state index contributed by atoms with van der Waals surface area (Å²) in [6.45, 7) is 0. The number of nitrogens with zero attached hydrogens (tertiary/aromatic N) is 4. The van der Waals surface area contributed by atoms with Crippen LogP contribution in [-0.4, -0.2) is 19.5 Å². The van der Waals surface area contributed by atoms with E-state index in [9.17, 15) is 0 Å². The van der Waals surface area contributed by atoms with E-state index in [0.29, 0.717) is 17.5 Å². The number of fused-ring (bicyclic) bond motifs is 9. The van der Waals surface area contributed by atoms with Crippen LogP contribution in [0.4, 0.5) is 0 Å². The number of thiophene rings is 2. The van der Waals surface area contributed by atoms with Crippen molar-refractivity contribution in [2.24, 2.45) is 0 Å². The standard InChI is InChI=1S/C51H30N4S2/c1-3-12-31(13-4-1)49-52-50(32-14-5-2-6-15-32)54-51(53-49)34-23-26-45-41(28-34)48-36(18-11-21-46(48)56-45)33-22-25-39-40-30-35(24-27-44(40)57-47(39)29-33)55-42-19-9-7-16-37(42)38-17-8-10-20-43(38)55/h1-30H. The van der Waals surface area contributed by atoms with Crippen LogP contribution >= 0.6 is 22.7 Å². The Morgan fingerprint density at radius 1 is 0.333 bits per heavy atom. The largest absolute Gasteiger partial charge is 0.309 e. The van der Waals surface area contributed by atoms with Crippen molar-refractivity contribution >= 4 is 84.8 Å². The lowest BCUT2D eigenvalue weighted by Gasteiger charge is -2.09. The summed E-state index contributed by atoms with van der Waals surface area (Å²) in [4.78, 5) is 15.0. The van der Waals surface area contributed by atoms with Gasteiger partial charge in [-0.05, 0) is 71.8 Å². The van der Waals surface area contributed by atoms with Crippen LogP contribution < -0.4 is 0 Å². The molecule has 4 heterocycles. The van der Waals surface area contributed by atoms with Crippen molar-refractivity contribution in [3.05, 3.63) is 182 Å². The first-order valence-electron chi connectivity index (χ1n) is 19.0. The van der Waals surface area contributed by atoms with Crippen molar-refractivity contribution in [1.82, 2.24) is 19.5 Å². The molecule has 4 aromatic heterocycles. The van der Waals surface area contributed by atoms with E-state index in [0.717, 1.165) is 16.7 Å². The number of aromatic nitrogens is 4. The van der Waals surface area contributed by atoms with E-state index in [2.05, 4.69) is 126 Å². The fraction of sp³-hybridized carbons (Fsp3) is 0. The van der Waals surface area contributed by atoms with Crippen molar-refractivity contribution < 1.29 is 0 Å². The Hall–Kier alpha value is -6.99. The van der Waals surface area contributed by atoms with E-state index in [-0.39, 0.29) is 0 Å². The molecular weight excluding hydrogens is 733 g/mol. The number of rotatable bonds is 5.